The molecular formula is C27H23BrF2N6O. The first-order chi connectivity index (χ1) is 17.8. The smallest absolute Gasteiger partial charge is 0.264 e. The highest BCUT2D eigenvalue weighted by Crippen LogP contribution is 2.33. The summed E-state index contributed by atoms with van der Waals surface area (Å²) in [5.41, 5.74) is 3.79. The molecule has 0 aliphatic rings. The van der Waals surface area contributed by atoms with Crippen LogP contribution in [0.2, 0.25) is 0 Å². The lowest BCUT2D eigenvalue weighted by Gasteiger charge is -2.09. The Bertz CT molecular complexity index is 1580. The van der Waals surface area contributed by atoms with Gasteiger partial charge in [0.25, 0.3) is 6.43 Å². The third kappa shape index (κ3) is 5.29. The van der Waals surface area contributed by atoms with Crippen LogP contribution in [0.5, 0.6) is 0 Å². The normalized spacial score (nSPS) is 11.4. The SMILES string of the molecule is Cc1ccc(Cn2cc(Br)c(NC(=O)Cn3nc(C)c4c(C(F)F)cc(-c5ccccc5)nc43)n2)cc1. The van der Waals surface area contributed by atoms with Crippen molar-refractivity contribution in [2.45, 2.75) is 33.4 Å². The van der Waals surface area contributed by atoms with Crippen molar-refractivity contribution in [3.05, 3.63) is 93.7 Å². The molecule has 0 saturated carbocycles. The molecule has 3 heterocycles. The molecule has 0 radical (unpaired) electrons. The summed E-state index contributed by atoms with van der Waals surface area (Å²) >= 11 is 3.44. The predicted molar refractivity (Wildman–Crippen MR) is 141 cm³/mol. The lowest BCUT2D eigenvalue weighted by molar-refractivity contribution is -0.116. The van der Waals surface area contributed by atoms with Crippen molar-refractivity contribution in [2.24, 2.45) is 0 Å². The van der Waals surface area contributed by atoms with Gasteiger partial charge >= 0.3 is 0 Å². The second-order valence-electron chi connectivity index (χ2n) is 8.76. The van der Waals surface area contributed by atoms with Crippen LogP contribution in [0.15, 0.2) is 71.3 Å². The summed E-state index contributed by atoms with van der Waals surface area (Å²) in [4.78, 5) is 17.6. The molecule has 0 fully saturated rings. The second kappa shape index (κ2) is 10.2. The van der Waals surface area contributed by atoms with E-state index in [1.165, 1.54) is 16.3 Å². The van der Waals surface area contributed by atoms with Crippen LogP contribution in [0, 0.1) is 13.8 Å². The van der Waals surface area contributed by atoms with E-state index in [1.807, 2.05) is 49.4 Å². The van der Waals surface area contributed by atoms with Crippen LogP contribution in [-0.4, -0.2) is 30.5 Å². The summed E-state index contributed by atoms with van der Waals surface area (Å²) in [6.45, 7) is 3.99. The van der Waals surface area contributed by atoms with Crippen LogP contribution in [0.3, 0.4) is 0 Å². The molecule has 1 N–H and O–H groups in total. The zero-order chi connectivity index (χ0) is 26.1. The average molecular weight is 565 g/mol. The molecule has 0 aliphatic heterocycles. The fourth-order valence-corrected chi connectivity index (χ4v) is 4.59. The van der Waals surface area contributed by atoms with Crippen molar-refractivity contribution in [1.29, 1.82) is 0 Å². The summed E-state index contributed by atoms with van der Waals surface area (Å²) in [5.74, 6) is -0.0484. The first kappa shape index (κ1) is 24.8. The molecule has 1 amide bonds. The third-order valence-electron chi connectivity index (χ3n) is 5.95. The number of aryl methyl sites for hydroxylation is 2. The van der Waals surface area contributed by atoms with Crippen LogP contribution in [0.1, 0.15) is 28.8 Å². The van der Waals surface area contributed by atoms with Crippen molar-refractivity contribution in [1.82, 2.24) is 24.5 Å². The molecule has 0 atom stereocenters. The van der Waals surface area contributed by atoms with Crippen molar-refractivity contribution in [2.75, 3.05) is 5.32 Å². The minimum atomic E-state index is -2.72. The van der Waals surface area contributed by atoms with E-state index in [9.17, 15) is 13.6 Å². The topological polar surface area (TPSA) is 77.6 Å². The van der Waals surface area contributed by atoms with Gasteiger partial charge in [0.2, 0.25) is 5.91 Å². The molecule has 3 aromatic heterocycles. The summed E-state index contributed by atoms with van der Waals surface area (Å²) in [5, 5.41) is 11.9. The molecule has 0 saturated heterocycles. The van der Waals surface area contributed by atoms with Gasteiger partial charge in [-0.15, -0.1) is 0 Å². The Morgan fingerprint density at radius 3 is 2.49 bits per heavy atom. The number of rotatable bonds is 7. The first-order valence-electron chi connectivity index (χ1n) is 11.6. The molecular weight excluding hydrogens is 542 g/mol. The van der Waals surface area contributed by atoms with Crippen LogP contribution in [-0.2, 0) is 17.9 Å². The summed E-state index contributed by atoms with van der Waals surface area (Å²) < 4.78 is 31.7. The highest BCUT2D eigenvalue weighted by molar-refractivity contribution is 9.10. The maximum atomic E-state index is 14.0. The van der Waals surface area contributed by atoms with Crippen molar-refractivity contribution in [3.8, 4) is 11.3 Å². The van der Waals surface area contributed by atoms with Gasteiger partial charge in [0.05, 0.1) is 27.8 Å². The zero-order valence-corrected chi connectivity index (χ0v) is 21.7. The predicted octanol–water partition coefficient (Wildman–Crippen LogP) is 6.30. The molecule has 0 spiro atoms. The van der Waals surface area contributed by atoms with Gasteiger partial charge in [-0.05, 0) is 41.4 Å². The summed E-state index contributed by atoms with van der Waals surface area (Å²) in [7, 11) is 0. The maximum absolute atomic E-state index is 14.0. The lowest BCUT2D eigenvalue weighted by Crippen LogP contribution is -2.20. The van der Waals surface area contributed by atoms with E-state index in [0.29, 0.717) is 33.8 Å². The highest BCUT2D eigenvalue weighted by atomic mass is 79.9. The van der Waals surface area contributed by atoms with E-state index in [2.05, 4.69) is 36.4 Å². The minimum absolute atomic E-state index is 0.161. The minimum Gasteiger partial charge on any atom is -0.307 e. The number of carbonyl (C=O) groups excluding carboxylic acids is 1. The average Bonchev–Trinajstić information content (AvgIpc) is 3.38. The Morgan fingerprint density at radius 1 is 1.05 bits per heavy atom. The molecule has 188 valence electrons. The fourth-order valence-electron chi connectivity index (χ4n) is 4.18. The van der Waals surface area contributed by atoms with Gasteiger partial charge in [0.1, 0.15) is 6.54 Å². The highest BCUT2D eigenvalue weighted by Gasteiger charge is 2.22. The Hall–Kier alpha value is -3.92. The van der Waals surface area contributed by atoms with E-state index in [0.717, 1.165) is 5.56 Å². The standard InChI is InChI=1S/C27H23BrF2N6O/c1-16-8-10-18(11-9-16)13-35-14-21(28)26(34-35)32-23(37)15-36-27-24(17(2)33-36)20(25(29)30)12-22(31-27)19-6-4-3-5-7-19/h3-12,14,25H,13,15H2,1-2H3,(H,32,34,37). The number of benzene rings is 2. The monoisotopic (exact) mass is 564 g/mol. The Labute approximate surface area is 220 Å². The van der Waals surface area contributed by atoms with Crippen molar-refractivity contribution >= 4 is 38.7 Å². The van der Waals surface area contributed by atoms with Crippen LogP contribution in [0.4, 0.5) is 14.6 Å². The number of amides is 1. The van der Waals surface area contributed by atoms with Gasteiger partial charge in [-0.2, -0.15) is 10.2 Å². The number of nitrogens with one attached hydrogen (secondary N) is 1. The number of pyridine rings is 1. The molecule has 5 aromatic rings. The summed E-state index contributed by atoms with van der Waals surface area (Å²) in [6, 6.07) is 18.6. The number of carbonyl (C=O) groups is 1. The van der Waals surface area contributed by atoms with E-state index in [-0.39, 0.29) is 23.1 Å². The van der Waals surface area contributed by atoms with Gasteiger partial charge < -0.3 is 5.32 Å². The van der Waals surface area contributed by atoms with Gasteiger partial charge in [-0.3, -0.25) is 9.48 Å². The Kier molecular flexibility index (Phi) is 6.84. The number of alkyl halides is 2. The third-order valence-corrected chi connectivity index (χ3v) is 6.53. The van der Waals surface area contributed by atoms with Gasteiger partial charge in [0, 0.05) is 17.3 Å². The van der Waals surface area contributed by atoms with E-state index in [4.69, 9.17) is 0 Å². The second-order valence-corrected chi connectivity index (χ2v) is 9.62. The zero-order valence-electron chi connectivity index (χ0n) is 20.1. The van der Waals surface area contributed by atoms with Crippen molar-refractivity contribution in [3.63, 3.8) is 0 Å². The molecule has 0 unspecified atom stereocenters. The lowest BCUT2D eigenvalue weighted by atomic mass is 10.1. The van der Waals surface area contributed by atoms with Crippen LogP contribution in [0.25, 0.3) is 22.3 Å². The molecule has 37 heavy (non-hydrogen) atoms. The molecule has 2 aromatic carbocycles. The number of hydrogen-bond donors (Lipinski definition) is 1. The molecule has 5 rings (SSSR count). The maximum Gasteiger partial charge on any atom is 0.264 e. The van der Waals surface area contributed by atoms with Crippen molar-refractivity contribution < 1.29 is 13.6 Å². The number of nitrogens with zero attached hydrogens (tertiary/aromatic N) is 5. The number of anilines is 1. The summed E-state index contributed by atoms with van der Waals surface area (Å²) in [6.07, 6.45) is -0.933. The quantitative estimate of drug-likeness (QED) is 0.251. The molecule has 0 aliphatic carbocycles. The van der Waals surface area contributed by atoms with Gasteiger partial charge in [-0.25, -0.2) is 18.4 Å². The fraction of sp³-hybridized carbons (Fsp3) is 0.185. The molecule has 0 bridgehead atoms. The number of fused-ring (bicyclic) bond motifs is 1. The van der Waals surface area contributed by atoms with E-state index in [1.54, 1.807) is 29.9 Å². The Balaban J connectivity index is 1.41. The van der Waals surface area contributed by atoms with Crippen LogP contribution >= 0.6 is 15.9 Å². The molecule has 7 nitrogen and oxygen atoms in total. The first-order valence-corrected chi connectivity index (χ1v) is 12.4. The number of hydrogen-bond acceptors (Lipinski definition) is 4. The van der Waals surface area contributed by atoms with Crippen LogP contribution < -0.4 is 5.32 Å². The van der Waals surface area contributed by atoms with Gasteiger partial charge in [0.15, 0.2) is 11.5 Å². The van der Waals surface area contributed by atoms with Gasteiger partial charge in [-0.1, -0.05) is 60.2 Å². The largest absolute Gasteiger partial charge is 0.307 e. The number of halogens is 3. The van der Waals surface area contributed by atoms with E-state index >= 15 is 0 Å². The van der Waals surface area contributed by atoms with E-state index < -0.39 is 12.3 Å². The number of aromatic nitrogens is 5. The molecule has 10 heteroatoms. The Morgan fingerprint density at radius 2 is 1.78 bits per heavy atom.